The van der Waals surface area contributed by atoms with Crippen LogP contribution < -0.4 is 19.9 Å². The van der Waals surface area contributed by atoms with Crippen LogP contribution in [0.3, 0.4) is 0 Å². The molecule has 1 aromatic carbocycles. The first-order valence-corrected chi connectivity index (χ1v) is 6.55. The summed E-state index contributed by atoms with van der Waals surface area (Å²) < 4.78 is 15.8. The molecule has 2 aliphatic rings. The van der Waals surface area contributed by atoms with Gasteiger partial charge in [-0.3, -0.25) is 10.5 Å². The van der Waals surface area contributed by atoms with Gasteiger partial charge in [-0.05, 0) is 18.2 Å². The van der Waals surface area contributed by atoms with Crippen LogP contribution in [-0.4, -0.2) is 26.7 Å². The average Bonchev–Trinajstić information content (AvgIpc) is 3.33. The van der Waals surface area contributed by atoms with Crippen molar-refractivity contribution < 1.29 is 19.0 Å². The molecular weight excluding hydrogens is 258 g/mol. The molecule has 5 nitrogen and oxygen atoms in total. The number of carbonyl (C=O) groups excluding carboxylic acids is 1. The molecule has 0 bridgehead atoms. The zero-order chi connectivity index (χ0) is 14.5. The van der Waals surface area contributed by atoms with E-state index >= 15 is 0 Å². The Morgan fingerprint density at radius 1 is 1.30 bits per heavy atom. The Hall–Kier alpha value is -2.01. The van der Waals surface area contributed by atoms with Gasteiger partial charge < -0.3 is 14.2 Å². The van der Waals surface area contributed by atoms with Gasteiger partial charge in [-0.2, -0.15) is 0 Å². The summed E-state index contributed by atoms with van der Waals surface area (Å²) in [5.74, 6) is 1.31. The van der Waals surface area contributed by atoms with Crippen LogP contribution in [0.25, 0.3) is 6.08 Å². The van der Waals surface area contributed by atoms with Crippen molar-refractivity contribution in [2.24, 2.45) is 5.73 Å². The van der Waals surface area contributed by atoms with Gasteiger partial charge in [-0.1, -0.05) is 19.3 Å². The molecule has 108 valence electrons. The van der Waals surface area contributed by atoms with Crippen LogP contribution in [0.4, 0.5) is 0 Å². The van der Waals surface area contributed by atoms with E-state index in [2.05, 4.69) is 0 Å². The van der Waals surface area contributed by atoms with E-state index in [0.29, 0.717) is 28.4 Å². The molecule has 2 N–H and O–H groups in total. The number of nitrogens with two attached hydrogens (primary N) is 1. The van der Waals surface area contributed by atoms with E-state index in [4.69, 9.17) is 19.9 Å². The van der Waals surface area contributed by atoms with Gasteiger partial charge in [0.25, 0.3) is 0 Å². The van der Waals surface area contributed by atoms with Gasteiger partial charge in [0.15, 0.2) is 24.0 Å². The quantitative estimate of drug-likeness (QED) is 0.859. The summed E-state index contributed by atoms with van der Waals surface area (Å²) in [6, 6.07) is 1.61. The molecule has 0 saturated heterocycles. The van der Waals surface area contributed by atoms with Gasteiger partial charge in [0.2, 0.25) is 5.75 Å². The lowest BCUT2D eigenvalue weighted by atomic mass is 10.0. The van der Waals surface area contributed by atoms with E-state index in [0.717, 1.165) is 6.29 Å². The monoisotopic (exact) mass is 277 g/mol. The van der Waals surface area contributed by atoms with Crippen molar-refractivity contribution in [1.82, 2.24) is 0 Å². The second-order valence-electron chi connectivity index (χ2n) is 4.56. The molecule has 1 unspecified atom stereocenters. The lowest BCUT2D eigenvalue weighted by molar-refractivity contribution is 0.112. The Labute approximate surface area is 118 Å². The lowest BCUT2D eigenvalue weighted by Crippen LogP contribution is -2.27. The van der Waals surface area contributed by atoms with E-state index in [1.165, 1.54) is 33.5 Å². The molecule has 0 spiro atoms. The fraction of sp³-hybridized carbons (Fsp3) is 0.400. The molecule has 1 fully saturated rings. The Balaban J connectivity index is 0.000000432. The highest BCUT2D eigenvalue weighted by molar-refractivity contribution is 5.87. The van der Waals surface area contributed by atoms with Crippen molar-refractivity contribution in [3.63, 3.8) is 0 Å². The molecule has 0 radical (unpaired) electrons. The van der Waals surface area contributed by atoms with Crippen LogP contribution in [0.1, 0.15) is 35.2 Å². The number of fused-ring (bicyclic) bond motifs is 1. The van der Waals surface area contributed by atoms with Crippen molar-refractivity contribution in [2.45, 2.75) is 25.5 Å². The molecular formula is C15H19NO4. The summed E-state index contributed by atoms with van der Waals surface area (Å²) >= 11 is 0. The second kappa shape index (κ2) is 6.43. The fourth-order valence-corrected chi connectivity index (χ4v) is 1.75. The van der Waals surface area contributed by atoms with Gasteiger partial charge in [0.1, 0.15) is 0 Å². The van der Waals surface area contributed by atoms with Crippen LogP contribution in [0.2, 0.25) is 0 Å². The molecule has 1 aromatic rings. The number of aldehydes is 1. The normalized spacial score (nSPS) is 18.1. The smallest absolute Gasteiger partial charge is 0.204 e. The summed E-state index contributed by atoms with van der Waals surface area (Å²) in [7, 11) is 3.00. The van der Waals surface area contributed by atoms with E-state index in [1.807, 2.05) is 0 Å². The zero-order valence-corrected chi connectivity index (χ0v) is 11.7. The maximum Gasteiger partial charge on any atom is 0.204 e. The number of ether oxygens (including phenoxy) is 3. The molecule has 3 rings (SSSR count). The fourth-order valence-electron chi connectivity index (χ4n) is 1.75. The summed E-state index contributed by atoms with van der Waals surface area (Å²) in [5, 5.41) is 0. The Morgan fingerprint density at radius 2 is 2.00 bits per heavy atom. The first-order chi connectivity index (χ1) is 9.71. The third-order valence-corrected chi connectivity index (χ3v) is 2.88. The van der Waals surface area contributed by atoms with Crippen molar-refractivity contribution in [3.8, 4) is 17.2 Å². The molecule has 1 saturated carbocycles. The number of carbonyl (C=O) groups is 1. The minimum atomic E-state index is -0.553. The standard InChI is InChI=1S/C12H13NO4.C3H6/c1-15-9-5-7(6-14)8-3-4-10(13)17-11(8)12(9)16-2;1-2-3-1/h3-6,10H,13H2,1-2H3;1-3H2. The van der Waals surface area contributed by atoms with E-state index < -0.39 is 6.23 Å². The van der Waals surface area contributed by atoms with E-state index in [9.17, 15) is 4.79 Å². The molecule has 5 heteroatoms. The molecule has 1 aliphatic carbocycles. The van der Waals surface area contributed by atoms with Crippen molar-refractivity contribution >= 4 is 12.4 Å². The van der Waals surface area contributed by atoms with Crippen molar-refractivity contribution in [1.29, 1.82) is 0 Å². The number of hydrogen-bond acceptors (Lipinski definition) is 5. The van der Waals surface area contributed by atoms with Gasteiger partial charge >= 0.3 is 0 Å². The summed E-state index contributed by atoms with van der Waals surface area (Å²) in [6.45, 7) is 0. The summed E-state index contributed by atoms with van der Waals surface area (Å²) in [6.07, 6.45) is 8.10. The van der Waals surface area contributed by atoms with Gasteiger partial charge in [-0.25, -0.2) is 0 Å². The van der Waals surface area contributed by atoms with Gasteiger partial charge in [-0.15, -0.1) is 0 Å². The molecule has 0 aromatic heterocycles. The Bertz CT molecular complexity index is 520. The predicted molar refractivity (Wildman–Crippen MR) is 76.4 cm³/mol. The highest BCUT2D eigenvalue weighted by Crippen LogP contribution is 2.43. The SMILES string of the molecule is C1CC1.COc1cc(C=O)c2c(c1OC)OC(N)C=C2. The maximum absolute atomic E-state index is 11.0. The highest BCUT2D eigenvalue weighted by Gasteiger charge is 2.23. The lowest BCUT2D eigenvalue weighted by Gasteiger charge is -2.22. The van der Waals surface area contributed by atoms with Gasteiger partial charge in [0, 0.05) is 11.1 Å². The first-order valence-electron chi connectivity index (χ1n) is 6.55. The number of methoxy groups -OCH3 is 2. The third-order valence-electron chi connectivity index (χ3n) is 2.88. The molecule has 1 heterocycles. The molecule has 20 heavy (non-hydrogen) atoms. The first kappa shape index (κ1) is 14.4. The second-order valence-corrected chi connectivity index (χ2v) is 4.56. The largest absolute Gasteiger partial charge is 0.493 e. The Kier molecular flexibility index (Phi) is 4.63. The summed E-state index contributed by atoms with van der Waals surface area (Å²) in [4.78, 5) is 11.0. The number of benzene rings is 1. The van der Waals surface area contributed by atoms with Crippen LogP contribution in [-0.2, 0) is 0 Å². The Morgan fingerprint density at radius 3 is 2.50 bits per heavy atom. The van der Waals surface area contributed by atoms with E-state index in [-0.39, 0.29) is 0 Å². The third kappa shape index (κ3) is 3.11. The molecule has 1 atom stereocenters. The maximum atomic E-state index is 11.0. The highest BCUT2D eigenvalue weighted by atomic mass is 16.5. The minimum absolute atomic E-state index is 0.434. The summed E-state index contributed by atoms with van der Waals surface area (Å²) in [5.41, 5.74) is 6.79. The van der Waals surface area contributed by atoms with Crippen LogP contribution in [0.5, 0.6) is 17.2 Å². The number of hydrogen-bond donors (Lipinski definition) is 1. The molecule has 0 amide bonds. The predicted octanol–water partition coefficient (Wildman–Crippen LogP) is 2.38. The van der Waals surface area contributed by atoms with Crippen molar-refractivity contribution in [2.75, 3.05) is 14.2 Å². The zero-order valence-electron chi connectivity index (χ0n) is 11.7. The molecule has 1 aliphatic heterocycles. The van der Waals surface area contributed by atoms with Crippen LogP contribution in [0, 0.1) is 0 Å². The minimum Gasteiger partial charge on any atom is -0.493 e. The average molecular weight is 277 g/mol. The van der Waals surface area contributed by atoms with Crippen LogP contribution >= 0.6 is 0 Å². The van der Waals surface area contributed by atoms with Crippen molar-refractivity contribution in [3.05, 3.63) is 23.3 Å². The topological polar surface area (TPSA) is 70.8 Å². The van der Waals surface area contributed by atoms with Crippen LogP contribution in [0.15, 0.2) is 12.1 Å². The number of rotatable bonds is 3. The van der Waals surface area contributed by atoms with Gasteiger partial charge in [0.05, 0.1) is 14.2 Å². The van der Waals surface area contributed by atoms with E-state index in [1.54, 1.807) is 18.2 Å².